The third-order valence-corrected chi connectivity index (χ3v) is 5.53. The van der Waals surface area contributed by atoms with Crippen LogP contribution in [0.5, 0.6) is 5.75 Å². The van der Waals surface area contributed by atoms with Gasteiger partial charge in [-0.2, -0.15) is 21.6 Å². The Morgan fingerprint density at radius 1 is 1.00 bits per heavy atom. The zero-order valence-electron chi connectivity index (χ0n) is 16.0. The van der Waals surface area contributed by atoms with Gasteiger partial charge >= 0.3 is 6.18 Å². The highest BCUT2D eigenvalue weighted by Crippen LogP contribution is 2.31. The van der Waals surface area contributed by atoms with Gasteiger partial charge in [0.2, 0.25) is 0 Å². The van der Waals surface area contributed by atoms with Gasteiger partial charge in [-0.3, -0.25) is 4.55 Å². The largest absolute Gasteiger partial charge is 0.486 e. The zero-order chi connectivity index (χ0) is 23.1. The summed E-state index contributed by atoms with van der Waals surface area (Å²) in [5.74, 6) is -0.0919. The summed E-state index contributed by atoms with van der Waals surface area (Å²) in [5.41, 5.74) is 0.501. The third-order valence-electron chi connectivity index (χ3n) is 4.62. The van der Waals surface area contributed by atoms with Crippen LogP contribution in [0.15, 0.2) is 65.6 Å². The van der Waals surface area contributed by atoms with Crippen molar-refractivity contribution in [3.63, 3.8) is 0 Å². The van der Waals surface area contributed by atoms with Crippen molar-refractivity contribution >= 4 is 21.2 Å². The molecule has 0 bridgehead atoms. The van der Waals surface area contributed by atoms with Crippen molar-refractivity contribution in [2.24, 2.45) is 0 Å². The van der Waals surface area contributed by atoms with Crippen LogP contribution in [-0.2, 0) is 22.9 Å². The minimum atomic E-state index is -4.58. The lowest BCUT2D eigenvalue weighted by molar-refractivity contribution is -0.137. The van der Waals surface area contributed by atoms with Crippen LogP contribution >= 0.6 is 0 Å². The molecule has 1 aromatic heterocycles. The Morgan fingerprint density at radius 2 is 1.72 bits per heavy atom. The molecule has 4 aromatic rings. The SMILES string of the molecule is O=S(=O)(O)c1ccc(F)cc1-c1ccc2nc(COc3ccc(C(F)(F)F)cc3)[nH]c2c1. The monoisotopic (exact) mass is 466 g/mol. The molecule has 0 fully saturated rings. The molecule has 0 spiro atoms. The predicted octanol–water partition coefficient (Wildman–Crippen LogP) is 5.21. The number of fused-ring (bicyclic) bond motifs is 1. The number of rotatable bonds is 5. The number of hydrogen-bond acceptors (Lipinski definition) is 4. The summed E-state index contributed by atoms with van der Waals surface area (Å²) in [6.45, 7) is -0.0639. The molecule has 2 N–H and O–H groups in total. The number of ether oxygens (including phenoxy) is 1. The molecule has 0 aliphatic carbocycles. The summed E-state index contributed by atoms with van der Waals surface area (Å²) >= 11 is 0. The second-order valence-corrected chi connectivity index (χ2v) is 8.23. The molecule has 11 heteroatoms. The fraction of sp³-hybridized carbons (Fsp3) is 0.0952. The van der Waals surface area contributed by atoms with Gasteiger partial charge in [-0.25, -0.2) is 9.37 Å². The first kappa shape index (κ1) is 21.8. The molecule has 0 unspecified atom stereocenters. The maximum atomic E-state index is 13.7. The van der Waals surface area contributed by atoms with E-state index in [0.29, 0.717) is 22.4 Å². The number of alkyl halides is 3. The van der Waals surface area contributed by atoms with Crippen LogP contribution in [0.4, 0.5) is 17.6 Å². The molecule has 0 saturated heterocycles. The normalized spacial score (nSPS) is 12.3. The summed E-state index contributed by atoms with van der Waals surface area (Å²) in [4.78, 5) is 6.83. The highest BCUT2D eigenvalue weighted by molar-refractivity contribution is 7.86. The Morgan fingerprint density at radius 3 is 2.38 bits per heavy atom. The molecule has 0 atom stereocenters. The minimum absolute atomic E-state index is 0.0217. The number of hydrogen-bond donors (Lipinski definition) is 2. The van der Waals surface area contributed by atoms with Crippen LogP contribution < -0.4 is 4.74 Å². The number of H-pyrrole nitrogens is 1. The van der Waals surface area contributed by atoms with Gasteiger partial charge in [-0.15, -0.1) is 0 Å². The Balaban J connectivity index is 1.59. The van der Waals surface area contributed by atoms with Crippen molar-refractivity contribution in [3.8, 4) is 16.9 Å². The number of nitrogens with zero attached hydrogens (tertiary/aromatic N) is 1. The van der Waals surface area contributed by atoms with E-state index in [-0.39, 0.29) is 17.9 Å². The minimum Gasteiger partial charge on any atom is -0.486 e. The van der Waals surface area contributed by atoms with Crippen LogP contribution in [0, 0.1) is 5.82 Å². The van der Waals surface area contributed by atoms with Gasteiger partial charge < -0.3 is 9.72 Å². The number of benzene rings is 3. The van der Waals surface area contributed by atoms with Crippen LogP contribution in [0.2, 0.25) is 0 Å². The smallest absolute Gasteiger partial charge is 0.416 e. The lowest BCUT2D eigenvalue weighted by atomic mass is 10.0. The Kier molecular flexibility index (Phi) is 5.39. The number of halogens is 4. The van der Waals surface area contributed by atoms with Gasteiger partial charge in [0.1, 0.15) is 28.9 Å². The topological polar surface area (TPSA) is 92.3 Å². The van der Waals surface area contributed by atoms with Crippen molar-refractivity contribution in [1.82, 2.24) is 9.97 Å². The van der Waals surface area contributed by atoms with E-state index in [9.17, 15) is 30.5 Å². The van der Waals surface area contributed by atoms with Crippen molar-refractivity contribution in [2.75, 3.05) is 0 Å². The molecular formula is C21H14F4N2O4S. The first-order chi connectivity index (χ1) is 15.0. The van der Waals surface area contributed by atoms with Gasteiger partial charge in [0, 0.05) is 5.56 Å². The summed E-state index contributed by atoms with van der Waals surface area (Å²) < 4.78 is 89.8. The summed E-state index contributed by atoms with van der Waals surface area (Å²) in [6, 6.07) is 11.7. The van der Waals surface area contributed by atoms with Gasteiger partial charge in [-0.1, -0.05) is 6.07 Å². The molecule has 166 valence electrons. The molecule has 32 heavy (non-hydrogen) atoms. The molecule has 0 amide bonds. The Bertz CT molecular complexity index is 1400. The molecule has 0 saturated carbocycles. The number of nitrogens with one attached hydrogen (secondary N) is 1. The molecule has 0 aliphatic heterocycles. The number of aromatic nitrogens is 2. The summed E-state index contributed by atoms with van der Waals surface area (Å²) in [5, 5.41) is 0. The van der Waals surface area contributed by atoms with E-state index >= 15 is 0 Å². The van der Waals surface area contributed by atoms with Gasteiger partial charge in [0.15, 0.2) is 0 Å². The van der Waals surface area contributed by atoms with Crippen molar-refractivity contribution in [3.05, 3.63) is 77.9 Å². The van der Waals surface area contributed by atoms with Crippen molar-refractivity contribution < 1.29 is 35.3 Å². The number of imidazole rings is 1. The van der Waals surface area contributed by atoms with Crippen molar-refractivity contribution in [2.45, 2.75) is 17.7 Å². The fourth-order valence-electron chi connectivity index (χ4n) is 3.14. The first-order valence-electron chi connectivity index (χ1n) is 9.07. The maximum absolute atomic E-state index is 13.7. The predicted molar refractivity (Wildman–Crippen MR) is 107 cm³/mol. The molecular weight excluding hydrogens is 452 g/mol. The molecule has 1 heterocycles. The quantitative estimate of drug-likeness (QED) is 0.311. The van der Waals surface area contributed by atoms with E-state index in [1.807, 2.05) is 0 Å². The fourth-order valence-corrected chi connectivity index (χ4v) is 3.84. The molecule has 0 aliphatic rings. The van der Waals surface area contributed by atoms with Gasteiger partial charge in [-0.05, 0) is 60.2 Å². The average molecular weight is 466 g/mol. The van der Waals surface area contributed by atoms with Crippen LogP contribution in [0.25, 0.3) is 22.2 Å². The highest BCUT2D eigenvalue weighted by atomic mass is 32.2. The van der Waals surface area contributed by atoms with Crippen molar-refractivity contribution in [1.29, 1.82) is 0 Å². The van der Waals surface area contributed by atoms with Crippen LogP contribution in [0.1, 0.15) is 11.4 Å². The summed E-state index contributed by atoms with van der Waals surface area (Å²) in [7, 11) is -4.58. The zero-order valence-corrected chi connectivity index (χ0v) is 16.8. The number of aromatic amines is 1. The van der Waals surface area contributed by atoms with E-state index in [0.717, 1.165) is 30.3 Å². The molecule has 0 radical (unpaired) electrons. The second kappa shape index (κ2) is 7.92. The Hall–Kier alpha value is -3.44. The second-order valence-electron chi connectivity index (χ2n) is 6.84. The lowest BCUT2D eigenvalue weighted by Crippen LogP contribution is -2.04. The summed E-state index contributed by atoms with van der Waals surface area (Å²) in [6.07, 6.45) is -4.44. The molecule has 4 rings (SSSR count). The molecule has 3 aromatic carbocycles. The average Bonchev–Trinajstić information content (AvgIpc) is 3.13. The Labute approximate surface area is 179 Å². The standard InChI is InChI=1S/C21H14F4N2O4S/c22-14-4-8-19(32(28,29)30)16(10-14)12-1-7-17-18(9-12)27-20(26-17)11-31-15-5-2-13(3-6-15)21(23,24)25/h1-10H,11H2,(H,26,27)(H,28,29,30). The van der Waals surface area contributed by atoms with E-state index in [1.165, 1.54) is 24.3 Å². The van der Waals surface area contributed by atoms with Crippen LogP contribution in [-0.4, -0.2) is 22.9 Å². The lowest BCUT2D eigenvalue weighted by Gasteiger charge is -2.08. The highest BCUT2D eigenvalue weighted by Gasteiger charge is 2.30. The van der Waals surface area contributed by atoms with E-state index in [4.69, 9.17) is 4.74 Å². The van der Waals surface area contributed by atoms with E-state index in [2.05, 4.69) is 9.97 Å². The third kappa shape index (κ3) is 4.58. The van der Waals surface area contributed by atoms with Gasteiger partial charge in [0.25, 0.3) is 10.1 Å². The maximum Gasteiger partial charge on any atom is 0.416 e. The molecule has 6 nitrogen and oxygen atoms in total. The first-order valence-corrected chi connectivity index (χ1v) is 10.5. The van der Waals surface area contributed by atoms with E-state index < -0.39 is 32.6 Å². The van der Waals surface area contributed by atoms with Crippen LogP contribution in [0.3, 0.4) is 0 Å². The van der Waals surface area contributed by atoms with E-state index in [1.54, 1.807) is 6.07 Å². The van der Waals surface area contributed by atoms with Gasteiger partial charge in [0.05, 0.1) is 16.6 Å².